The summed E-state index contributed by atoms with van der Waals surface area (Å²) >= 11 is 0. The van der Waals surface area contributed by atoms with Crippen LogP contribution in [0.4, 0.5) is 11.4 Å². The van der Waals surface area contributed by atoms with Crippen LogP contribution in [0.25, 0.3) is 0 Å². The van der Waals surface area contributed by atoms with Crippen LogP contribution in [-0.4, -0.2) is 18.6 Å². The molecule has 4 heteroatoms. The molecule has 0 bridgehead atoms. The van der Waals surface area contributed by atoms with Gasteiger partial charge < -0.3 is 15.0 Å². The number of hydrogen-bond acceptors (Lipinski definition) is 3. The normalized spacial score (nSPS) is 19.2. The fraction of sp³-hybridized carbons (Fsp3) is 0.350. The van der Waals surface area contributed by atoms with Crippen LogP contribution < -0.4 is 15.0 Å². The number of nitrogens with zero attached hydrogens (tertiary/aromatic N) is 1. The van der Waals surface area contributed by atoms with Crippen molar-refractivity contribution in [1.82, 2.24) is 0 Å². The smallest absolute Gasteiger partial charge is 0.265 e. The molecule has 124 valence electrons. The summed E-state index contributed by atoms with van der Waals surface area (Å²) in [7, 11) is 0. The highest BCUT2D eigenvalue weighted by atomic mass is 16.5. The number of anilines is 2. The average molecular weight is 322 g/mol. The van der Waals surface area contributed by atoms with E-state index in [2.05, 4.69) is 41.4 Å². The summed E-state index contributed by atoms with van der Waals surface area (Å²) in [6, 6.07) is 12.8. The van der Waals surface area contributed by atoms with Gasteiger partial charge in [0.2, 0.25) is 0 Å². The third-order valence-corrected chi connectivity index (χ3v) is 4.80. The van der Waals surface area contributed by atoms with Gasteiger partial charge in [0.25, 0.3) is 5.91 Å². The van der Waals surface area contributed by atoms with E-state index in [9.17, 15) is 4.79 Å². The fourth-order valence-electron chi connectivity index (χ4n) is 3.54. The topological polar surface area (TPSA) is 41.6 Å². The Hall–Kier alpha value is -2.49. The van der Waals surface area contributed by atoms with Gasteiger partial charge in [-0.2, -0.15) is 0 Å². The molecule has 1 atom stereocenters. The van der Waals surface area contributed by atoms with Crippen molar-refractivity contribution in [2.45, 2.75) is 39.3 Å². The van der Waals surface area contributed by atoms with E-state index in [1.165, 1.54) is 28.8 Å². The van der Waals surface area contributed by atoms with Gasteiger partial charge in [-0.05, 0) is 56.0 Å². The van der Waals surface area contributed by atoms with Crippen LogP contribution in [0, 0.1) is 6.92 Å². The van der Waals surface area contributed by atoms with Crippen molar-refractivity contribution in [2.24, 2.45) is 0 Å². The number of aryl methyl sites for hydroxylation is 2. The average Bonchev–Trinajstić information content (AvgIpc) is 2.56. The maximum atomic E-state index is 11.8. The Labute approximate surface area is 142 Å². The Morgan fingerprint density at radius 3 is 3.00 bits per heavy atom. The quantitative estimate of drug-likeness (QED) is 0.917. The first kappa shape index (κ1) is 15.1. The minimum atomic E-state index is -0.430. The molecule has 2 heterocycles. The van der Waals surface area contributed by atoms with E-state index in [4.69, 9.17) is 4.74 Å². The van der Waals surface area contributed by atoms with Crippen molar-refractivity contribution in [2.75, 3.05) is 16.8 Å². The molecule has 4 rings (SSSR count). The first-order valence-corrected chi connectivity index (χ1v) is 8.55. The van der Waals surface area contributed by atoms with Crippen LogP contribution in [0.3, 0.4) is 0 Å². The zero-order valence-electron chi connectivity index (χ0n) is 14.1. The lowest BCUT2D eigenvalue weighted by Gasteiger charge is -2.32. The lowest BCUT2D eigenvalue weighted by atomic mass is 9.99. The molecule has 0 aromatic heterocycles. The molecule has 1 amide bonds. The highest BCUT2D eigenvalue weighted by Gasteiger charge is 2.24. The minimum absolute atomic E-state index is 0.0848. The van der Waals surface area contributed by atoms with Gasteiger partial charge in [0, 0.05) is 18.8 Å². The Kier molecular flexibility index (Phi) is 3.68. The molecular formula is C20H22N2O2. The third-order valence-electron chi connectivity index (χ3n) is 4.80. The fourth-order valence-corrected chi connectivity index (χ4v) is 3.54. The second kappa shape index (κ2) is 5.86. The number of carbonyl (C=O) groups is 1. The number of nitrogens with one attached hydrogen (secondary N) is 1. The highest BCUT2D eigenvalue weighted by molar-refractivity contribution is 5.97. The Bertz CT molecular complexity index is 800. The second-order valence-corrected chi connectivity index (χ2v) is 6.74. The summed E-state index contributed by atoms with van der Waals surface area (Å²) in [5.41, 5.74) is 6.04. The number of carbonyl (C=O) groups excluding carboxylic acids is 1. The van der Waals surface area contributed by atoms with Gasteiger partial charge in [-0.1, -0.05) is 23.8 Å². The highest BCUT2D eigenvalue weighted by Crippen LogP contribution is 2.33. The molecule has 1 unspecified atom stereocenters. The molecule has 0 saturated carbocycles. The number of benzene rings is 2. The minimum Gasteiger partial charge on any atom is -0.479 e. The Balaban J connectivity index is 1.59. The molecule has 0 aliphatic carbocycles. The van der Waals surface area contributed by atoms with Gasteiger partial charge in [0.1, 0.15) is 5.75 Å². The lowest BCUT2D eigenvalue weighted by molar-refractivity contribution is -0.122. The molecule has 2 aliphatic rings. The second-order valence-electron chi connectivity index (χ2n) is 6.74. The predicted octanol–water partition coefficient (Wildman–Crippen LogP) is 3.67. The van der Waals surface area contributed by atoms with Crippen LogP contribution in [0.2, 0.25) is 0 Å². The molecule has 1 N–H and O–H groups in total. The van der Waals surface area contributed by atoms with E-state index in [0.717, 1.165) is 30.9 Å². The van der Waals surface area contributed by atoms with Crippen molar-refractivity contribution in [3.05, 3.63) is 53.1 Å². The summed E-state index contributed by atoms with van der Waals surface area (Å²) in [5.74, 6) is 0.666. The number of hydrogen-bond donors (Lipinski definition) is 1. The summed E-state index contributed by atoms with van der Waals surface area (Å²) in [6.45, 7) is 5.81. The number of rotatable bonds is 2. The molecule has 2 aliphatic heterocycles. The largest absolute Gasteiger partial charge is 0.479 e. The molecular weight excluding hydrogens is 300 g/mol. The molecule has 24 heavy (non-hydrogen) atoms. The molecule has 0 radical (unpaired) electrons. The summed E-state index contributed by atoms with van der Waals surface area (Å²) in [6.07, 6.45) is 1.90. The van der Waals surface area contributed by atoms with Crippen molar-refractivity contribution >= 4 is 17.3 Å². The van der Waals surface area contributed by atoms with E-state index in [1.54, 1.807) is 6.92 Å². The Morgan fingerprint density at radius 2 is 2.12 bits per heavy atom. The molecule has 0 saturated heterocycles. The van der Waals surface area contributed by atoms with E-state index >= 15 is 0 Å². The van der Waals surface area contributed by atoms with Gasteiger partial charge in [-0.3, -0.25) is 4.79 Å². The molecule has 0 spiro atoms. The summed E-state index contributed by atoms with van der Waals surface area (Å²) in [4.78, 5) is 14.2. The van der Waals surface area contributed by atoms with Crippen LogP contribution in [-0.2, 0) is 17.8 Å². The molecule has 2 aromatic rings. The maximum Gasteiger partial charge on any atom is 0.265 e. The Morgan fingerprint density at radius 1 is 1.25 bits per heavy atom. The van der Waals surface area contributed by atoms with Gasteiger partial charge in [0.15, 0.2) is 6.10 Å². The monoisotopic (exact) mass is 322 g/mol. The van der Waals surface area contributed by atoms with Crippen LogP contribution in [0.5, 0.6) is 5.75 Å². The van der Waals surface area contributed by atoms with Crippen LogP contribution in [0.1, 0.15) is 30.0 Å². The number of fused-ring (bicyclic) bond motifs is 2. The van der Waals surface area contributed by atoms with E-state index < -0.39 is 6.10 Å². The first-order valence-electron chi connectivity index (χ1n) is 8.55. The first-order chi connectivity index (χ1) is 11.6. The SMILES string of the molecule is Cc1ccc2c(c1)CCCN2Cc1ccc2c(c1)NC(=O)C(C)O2. The predicted molar refractivity (Wildman–Crippen MR) is 95.7 cm³/mol. The van der Waals surface area contributed by atoms with Gasteiger partial charge in [0.05, 0.1) is 5.69 Å². The van der Waals surface area contributed by atoms with Crippen LogP contribution in [0.15, 0.2) is 36.4 Å². The van der Waals surface area contributed by atoms with Crippen molar-refractivity contribution in [3.63, 3.8) is 0 Å². The van der Waals surface area contributed by atoms with E-state index in [1.807, 2.05) is 12.1 Å². The van der Waals surface area contributed by atoms with Crippen molar-refractivity contribution < 1.29 is 9.53 Å². The maximum absolute atomic E-state index is 11.8. The van der Waals surface area contributed by atoms with Gasteiger partial charge in [-0.25, -0.2) is 0 Å². The van der Waals surface area contributed by atoms with Gasteiger partial charge >= 0.3 is 0 Å². The lowest BCUT2D eigenvalue weighted by Crippen LogP contribution is -2.34. The zero-order valence-corrected chi connectivity index (χ0v) is 14.1. The van der Waals surface area contributed by atoms with Crippen molar-refractivity contribution in [3.8, 4) is 5.75 Å². The standard InChI is InChI=1S/C20H22N2O2/c1-13-5-7-18-16(10-13)4-3-9-22(18)12-15-6-8-19-17(11-15)21-20(23)14(2)24-19/h5-8,10-11,14H,3-4,9,12H2,1-2H3,(H,21,23). The van der Waals surface area contributed by atoms with Crippen molar-refractivity contribution in [1.29, 1.82) is 0 Å². The molecule has 2 aromatic carbocycles. The summed E-state index contributed by atoms with van der Waals surface area (Å²) in [5, 5.41) is 2.93. The summed E-state index contributed by atoms with van der Waals surface area (Å²) < 4.78 is 5.63. The zero-order chi connectivity index (χ0) is 16.7. The number of ether oxygens (including phenoxy) is 1. The third kappa shape index (κ3) is 2.73. The number of amides is 1. The van der Waals surface area contributed by atoms with Crippen LogP contribution >= 0.6 is 0 Å². The van der Waals surface area contributed by atoms with E-state index in [-0.39, 0.29) is 5.91 Å². The van der Waals surface area contributed by atoms with Gasteiger partial charge in [-0.15, -0.1) is 0 Å². The van der Waals surface area contributed by atoms with E-state index in [0.29, 0.717) is 0 Å². The molecule has 0 fully saturated rings. The molecule has 4 nitrogen and oxygen atoms in total.